The van der Waals surface area contributed by atoms with Crippen LogP contribution in [0.1, 0.15) is 111 Å². The van der Waals surface area contributed by atoms with Gasteiger partial charge in [-0.1, -0.05) is 97.8 Å². The molecule has 0 saturated carbocycles. The van der Waals surface area contributed by atoms with Gasteiger partial charge in [0.25, 0.3) is 0 Å². The zero-order chi connectivity index (χ0) is 18.1. The third kappa shape index (κ3) is 15.4. The van der Waals surface area contributed by atoms with Gasteiger partial charge in [0.05, 0.1) is 5.75 Å². The molecule has 24 heavy (non-hydrogen) atoms. The largest absolute Gasteiger partial charge is 0.215 e. The second-order valence-electron chi connectivity index (χ2n) is 7.27. The predicted molar refractivity (Wildman–Crippen MR) is 107 cm³/mol. The molecule has 0 spiro atoms. The van der Waals surface area contributed by atoms with Gasteiger partial charge in [-0.3, -0.25) is 0 Å². The first-order valence-corrected chi connectivity index (χ1v) is 12.2. The average Bonchev–Trinajstić information content (AvgIpc) is 2.56. The van der Waals surface area contributed by atoms with Crippen molar-refractivity contribution < 1.29 is 8.42 Å². The summed E-state index contributed by atoms with van der Waals surface area (Å²) >= 11 is 0. The van der Waals surface area contributed by atoms with Crippen LogP contribution < -0.4 is 4.72 Å². The van der Waals surface area contributed by atoms with Crippen molar-refractivity contribution >= 4 is 10.0 Å². The van der Waals surface area contributed by atoms with E-state index >= 15 is 0 Å². The number of sulfonamides is 1. The number of hydrogen-bond donors (Lipinski definition) is 1. The third-order valence-corrected chi connectivity index (χ3v) is 6.33. The maximum atomic E-state index is 12.0. The summed E-state index contributed by atoms with van der Waals surface area (Å²) in [6.07, 6.45) is 16.9. The highest BCUT2D eigenvalue weighted by Gasteiger charge is 2.13. The van der Waals surface area contributed by atoms with E-state index in [9.17, 15) is 8.42 Å². The summed E-state index contributed by atoms with van der Waals surface area (Å²) < 4.78 is 26.9. The van der Waals surface area contributed by atoms with Gasteiger partial charge in [-0.2, -0.15) is 0 Å². The van der Waals surface area contributed by atoms with Crippen molar-refractivity contribution in [3.05, 3.63) is 0 Å². The Bertz CT molecular complexity index is 355. The Labute approximate surface area is 152 Å². The first-order valence-electron chi connectivity index (χ1n) is 10.5. The summed E-state index contributed by atoms with van der Waals surface area (Å²) in [5.41, 5.74) is 0. The molecule has 146 valence electrons. The van der Waals surface area contributed by atoms with Crippen molar-refractivity contribution in [1.29, 1.82) is 0 Å². The fourth-order valence-electron chi connectivity index (χ4n) is 3.04. The van der Waals surface area contributed by atoms with Crippen molar-refractivity contribution in [2.75, 3.05) is 12.3 Å². The van der Waals surface area contributed by atoms with Crippen LogP contribution in [0.2, 0.25) is 0 Å². The normalized spacial score (nSPS) is 13.3. The van der Waals surface area contributed by atoms with E-state index in [0.717, 1.165) is 25.7 Å². The van der Waals surface area contributed by atoms with E-state index in [0.29, 0.717) is 18.2 Å². The Morgan fingerprint density at radius 3 is 1.71 bits per heavy atom. The Kier molecular flexibility index (Phi) is 16.3. The molecule has 0 rings (SSSR count). The summed E-state index contributed by atoms with van der Waals surface area (Å²) in [6.45, 7) is 7.20. The van der Waals surface area contributed by atoms with Crippen LogP contribution in [0.3, 0.4) is 0 Å². The minimum atomic E-state index is -3.07. The van der Waals surface area contributed by atoms with E-state index in [1.54, 1.807) is 0 Å². The summed E-state index contributed by atoms with van der Waals surface area (Å²) in [6, 6.07) is 0. The van der Waals surface area contributed by atoms with Crippen LogP contribution in [0.4, 0.5) is 0 Å². The van der Waals surface area contributed by atoms with Crippen molar-refractivity contribution in [3.8, 4) is 0 Å². The van der Waals surface area contributed by atoms with Crippen molar-refractivity contribution in [2.45, 2.75) is 111 Å². The third-order valence-electron chi connectivity index (χ3n) is 4.90. The molecule has 0 amide bonds. The molecule has 0 aromatic heterocycles. The Morgan fingerprint density at radius 1 is 0.708 bits per heavy atom. The number of unbranched alkanes of at least 4 members (excludes halogenated alkanes) is 10. The summed E-state index contributed by atoms with van der Waals surface area (Å²) in [5, 5.41) is 0. The smallest absolute Gasteiger partial charge is 0.211 e. The lowest BCUT2D eigenvalue weighted by Gasteiger charge is -2.15. The van der Waals surface area contributed by atoms with Gasteiger partial charge < -0.3 is 0 Å². The Hall–Kier alpha value is -0.0900. The van der Waals surface area contributed by atoms with Crippen LogP contribution in [0.5, 0.6) is 0 Å². The molecule has 0 fully saturated rings. The van der Waals surface area contributed by atoms with E-state index in [1.807, 2.05) is 0 Å². The van der Waals surface area contributed by atoms with Gasteiger partial charge in [0.15, 0.2) is 0 Å². The molecule has 0 radical (unpaired) electrons. The number of rotatable bonds is 18. The van der Waals surface area contributed by atoms with Gasteiger partial charge in [-0.25, -0.2) is 13.1 Å². The van der Waals surface area contributed by atoms with Crippen LogP contribution in [0.15, 0.2) is 0 Å². The van der Waals surface area contributed by atoms with E-state index in [1.165, 1.54) is 64.2 Å². The highest BCUT2D eigenvalue weighted by molar-refractivity contribution is 7.89. The second-order valence-corrected chi connectivity index (χ2v) is 9.19. The van der Waals surface area contributed by atoms with E-state index in [2.05, 4.69) is 25.5 Å². The predicted octanol–water partition coefficient (Wildman–Crippen LogP) is 6.04. The standard InChI is InChI=1S/C20H43NO2S/c1-4-7-9-10-11-12-13-14-15-16-18-24(22,23)21-19-20(6-3)17-8-5-2/h20-21H,4-19H2,1-3H3. The minimum absolute atomic E-state index is 0.299. The van der Waals surface area contributed by atoms with Crippen LogP contribution >= 0.6 is 0 Å². The van der Waals surface area contributed by atoms with Gasteiger partial charge >= 0.3 is 0 Å². The topological polar surface area (TPSA) is 46.2 Å². The van der Waals surface area contributed by atoms with Gasteiger partial charge in [-0.15, -0.1) is 0 Å². The Balaban J connectivity index is 3.59. The molecule has 0 aliphatic rings. The fraction of sp³-hybridized carbons (Fsp3) is 1.00. The lowest BCUT2D eigenvalue weighted by Crippen LogP contribution is -2.31. The molecule has 0 aliphatic carbocycles. The summed E-state index contributed by atoms with van der Waals surface area (Å²) in [5.74, 6) is 0.792. The molecule has 0 saturated heterocycles. The molecule has 1 atom stereocenters. The van der Waals surface area contributed by atoms with Gasteiger partial charge in [0.1, 0.15) is 0 Å². The summed E-state index contributed by atoms with van der Waals surface area (Å²) in [7, 11) is -3.07. The van der Waals surface area contributed by atoms with E-state index < -0.39 is 10.0 Å². The maximum absolute atomic E-state index is 12.0. The maximum Gasteiger partial charge on any atom is 0.211 e. The second kappa shape index (κ2) is 16.4. The molecule has 0 aromatic carbocycles. The van der Waals surface area contributed by atoms with Crippen molar-refractivity contribution in [3.63, 3.8) is 0 Å². The van der Waals surface area contributed by atoms with Crippen LogP contribution in [0, 0.1) is 5.92 Å². The highest BCUT2D eigenvalue weighted by atomic mass is 32.2. The van der Waals surface area contributed by atoms with Gasteiger partial charge in [0, 0.05) is 6.54 Å². The van der Waals surface area contributed by atoms with Gasteiger partial charge in [0.2, 0.25) is 10.0 Å². The molecule has 4 heteroatoms. The van der Waals surface area contributed by atoms with Gasteiger partial charge in [-0.05, 0) is 18.8 Å². The molecule has 0 heterocycles. The van der Waals surface area contributed by atoms with Crippen molar-refractivity contribution in [2.24, 2.45) is 5.92 Å². The molecular formula is C20H43NO2S. The lowest BCUT2D eigenvalue weighted by atomic mass is 10.00. The molecule has 0 aromatic rings. The average molecular weight is 362 g/mol. The molecule has 1 N–H and O–H groups in total. The van der Waals surface area contributed by atoms with Crippen LogP contribution in [0.25, 0.3) is 0 Å². The molecule has 1 unspecified atom stereocenters. The highest BCUT2D eigenvalue weighted by Crippen LogP contribution is 2.13. The lowest BCUT2D eigenvalue weighted by molar-refractivity contribution is 0.443. The molecule has 0 bridgehead atoms. The first kappa shape index (κ1) is 23.9. The van der Waals surface area contributed by atoms with Crippen molar-refractivity contribution in [1.82, 2.24) is 4.72 Å². The molecule has 0 aliphatic heterocycles. The minimum Gasteiger partial charge on any atom is -0.215 e. The molecular weight excluding hydrogens is 318 g/mol. The monoisotopic (exact) mass is 361 g/mol. The zero-order valence-corrected chi connectivity index (χ0v) is 17.4. The van der Waals surface area contributed by atoms with Crippen LogP contribution in [-0.4, -0.2) is 20.7 Å². The SMILES string of the molecule is CCCCCCCCCCCCS(=O)(=O)NCC(CC)CCCC. The Morgan fingerprint density at radius 2 is 1.21 bits per heavy atom. The number of nitrogens with one attached hydrogen (secondary N) is 1. The zero-order valence-electron chi connectivity index (χ0n) is 16.6. The first-order chi connectivity index (χ1) is 11.6. The quantitative estimate of drug-likeness (QED) is 0.302. The van der Waals surface area contributed by atoms with Crippen LogP contribution in [-0.2, 0) is 10.0 Å². The van der Waals surface area contributed by atoms with E-state index in [4.69, 9.17) is 0 Å². The summed E-state index contributed by atoms with van der Waals surface area (Å²) in [4.78, 5) is 0. The van der Waals surface area contributed by atoms with E-state index in [-0.39, 0.29) is 0 Å². The fourth-order valence-corrected chi connectivity index (χ4v) is 4.26. The number of hydrogen-bond acceptors (Lipinski definition) is 2. The molecule has 3 nitrogen and oxygen atoms in total.